The number of halogens is 11. The fraction of sp³-hybridized carbons (Fsp3) is 0.440. The molecule has 754 valence electrons. The fourth-order valence-corrected chi connectivity index (χ4v) is 17.8. The molecule has 0 aliphatic rings. The van der Waals surface area contributed by atoms with Crippen LogP contribution < -0.4 is 37.9 Å². The van der Waals surface area contributed by atoms with Crippen LogP contribution >= 0.6 is 185 Å². The van der Waals surface area contributed by atoms with Crippen molar-refractivity contribution in [2.24, 2.45) is 23.7 Å². The fourth-order valence-electron chi connectivity index (χ4n) is 13.6. The van der Waals surface area contributed by atoms with Crippen LogP contribution in [0.4, 0.5) is 0 Å². The molecule has 0 saturated heterocycles. The lowest BCUT2D eigenvalue weighted by Gasteiger charge is -2.27. The molecule has 0 saturated carbocycles. The molecule has 8 atom stereocenters. The first kappa shape index (κ1) is 116. The number of hydrogen-bond acceptors (Lipinski definition) is 24. The van der Waals surface area contributed by atoms with E-state index in [4.69, 9.17) is 89.4 Å². The maximum atomic E-state index is 10.3. The second kappa shape index (κ2) is 56.6. The van der Waals surface area contributed by atoms with Crippen LogP contribution in [0.15, 0.2) is 189 Å². The smallest absolute Gasteiger partial charge is 0.133 e. The highest BCUT2D eigenvalue weighted by Gasteiger charge is 2.31. The van der Waals surface area contributed by atoms with Gasteiger partial charge < -0.3 is 78.7 Å². The minimum Gasteiger partial charge on any atom is -0.492 e. The number of rotatable bonds is 48. The predicted octanol–water partition coefficient (Wildman–Crippen LogP) is 19.9. The lowest BCUT2D eigenvalue weighted by Crippen LogP contribution is -2.25. The lowest BCUT2D eigenvalue weighted by atomic mass is 9.78. The van der Waals surface area contributed by atoms with Gasteiger partial charge in [-0.3, -0.25) is 0 Å². The number of aromatic nitrogens is 12. The summed E-state index contributed by atoms with van der Waals surface area (Å²) in [6, 6.07) is 56.4. The zero-order valence-corrected chi connectivity index (χ0v) is 95.8. The normalized spacial score (nSPS) is 13.5. The molecule has 139 heavy (non-hydrogen) atoms. The monoisotopic (exact) mass is 2610 g/mol. The molecular weight excluding hydrogens is 2500 g/mol. The van der Waals surface area contributed by atoms with Crippen LogP contribution in [-0.2, 0) is 74.3 Å². The number of alkyl halides is 4. The molecule has 12 rings (SSSR count). The number of aliphatic hydroxyl groups excluding tert-OH is 8. The number of ether oxygens (including phenoxy) is 8. The van der Waals surface area contributed by atoms with E-state index in [-0.39, 0.29) is 118 Å². The van der Waals surface area contributed by atoms with Gasteiger partial charge in [-0.25, -0.2) is 18.7 Å². The molecule has 0 fully saturated rings. The van der Waals surface area contributed by atoms with Gasteiger partial charge >= 0.3 is 0 Å². The summed E-state index contributed by atoms with van der Waals surface area (Å²) in [4.78, 5) is 0. The largest absolute Gasteiger partial charge is 0.492 e. The molecule has 0 aliphatic carbocycles. The van der Waals surface area contributed by atoms with Crippen LogP contribution in [-0.4, -0.2) is 202 Å². The van der Waals surface area contributed by atoms with Gasteiger partial charge in [0.25, 0.3) is 0 Å². The summed E-state index contributed by atoms with van der Waals surface area (Å²) in [6.45, 7) is 28.6. The number of nitrogens with zero attached hydrogens (tertiary/aromatic N) is 12. The minimum absolute atomic E-state index is 0.115. The molecule has 4 heterocycles. The number of aliphatic hydroxyl groups is 8. The van der Waals surface area contributed by atoms with E-state index in [1.807, 2.05) is 189 Å². The van der Waals surface area contributed by atoms with Crippen molar-refractivity contribution in [1.82, 2.24) is 60.0 Å². The van der Waals surface area contributed by atoms with Gasteiger partial charge in [0.15, 0.2) is 0 Å². The Morgan fingerprint density at radius 3 is 0.784 bits per heavy atom. The summed E-state index contributed by atoms with van der Waals surface area (Å²) in [5.41, 5.74) is 10.2. The van der Waals surface area contributed by atoms with Gasteiger partial charge in [-0.05, 0) is 280 Å². The summed E-state index contributed by atoms with van der Waals surface area (Å²) in [7, 11) is 0. The molecule has 0 spiro atoms. The van der Waals surface area contributed by atoms with Gasteiger partial charge in [-0.1, -0.05) is 177 Å². The molecule has 0 aliphatic heterocycles. The molecule has 0 bridgehead atoms. The Kier molecular flexibility index (Phi) is 47.4. The molecule has 0 amide bonds. The molecule has 12 aromatic rings. The van der Waals surface area contributed by atoms with Gasteiger partial charge in [0.1, 0.15) is 131 Å². The SMILES string of the molecule is CC(CCl)COc1ccc(C(C)(C)c2ccc(OCC(O)Cn3cc(CO)nn3)cc2)cc1[123I].C[C@@H](CCl)COc1ccc(C(C)(C)c2ccc(OC[C@@H](O)Cn3nnc(CO)c3[123I])cc2)cc1Br.C[C@@H](CCl)COc1ccc(C(C)(C)c2ccc(OC[C@H](O)Cn3nnc(CO)c3[123I])cc2)cc1Br.C[C@H](CCl)COc1ccc(C(C)(C)c2ccc(OC[C@@H](O)Cn3nnc(CO)c3[123I])cc2)cc1Br. The van der Waals surface area contributed by atoms with E-state index in [0.717, 1.165) is 78.9 Å². The zero-order chi connectivity index (χ0) is 101. The maximum absolute atomic E-state index is 10.3. The topological polar surface area (TPSA) is 359 Å². The van der Waals surface area contributed by atoms with E-state index in [0.29, 0.717) is 113 Å². The molecule has 4 aromatic heterocycles. The van der Waals surface area contributed by atoms with E-state index in [1.165, 1.54) is 10.2 Å². The standard InChI is InChI=1S/3C25H30BrClIN3O4.C25H31ClIN3O4/c3*1-16(11-27)14-35-23-9-6-18(10-21(23)26)25(2,3)17-4-7-20(8-5-17)34-15-19(33)12-31-24(28)22(13-32)29-30-31;1-17(11-26)15-34-24-9-6-19(10-23(24)27)25(2,3)18-4-7-22(8-5-18)33-16-21(32)13-30-12-20(14-31)28-29-30/h3*4-10,16,19,32-33H,11-15H2,1-3H3;4-10,12,17,21,31-32H,11,13-16H2,1-3H3/t2*16-,19+;16-,19-;/m100./s1/i3*28-4;27-4. The van der Waals surface area contributed by atoms with Crippen molar-refractivity contribution < 1.29 is 78.7 Å². The van der Waals surface area contributed by atoms with Crippen LogP contribution in [0.2, 0.25) is 0 Å². The van der Waals surface area contributed by atoms with E-state index >= 15 is 0 Å². The average molecular weight is 2620 g/mol. The third-order valence-corrected chi connectivity index (χ3v) is 31.1. The number of benzene rings is 8. The summed E-state index contributed by atoms with van der Waals surface area (Å²) in [6.07, 6.45) is -1.45. The Balaban J connectivity index is 0.000000207. The van der Waals surface area contributed by atoms with E-state index in [9.17, 15) is 35.7 Å². The van der Waals surface area contributed by atoms with Crippen molar-refractivity contribution >= 4 is 185 Å². The summed E-state index contributed by atoms with van der Waals surface area (Å²) >= 11 is 42.9. The molecular formula is C100H121Br3Cl4I4N12O16. The first-order valence-corrected chi connectivity index (χ1v) is 53.7. The first-order valence-electron chi connectivity index (χ1n) is 44.9. The van der Waals surface area contributed by atoms with Crippen LogP contribution in [0.1, 0.15) is 150 Å². The quantitative estimate of drug-likeness (QED) is 0.0130. The molecule has 2 unspecified atom stereocenters. The van der Waals surface area contributed by atoms with Crippen molar-refractivity contribution in [1.29, 1.82) is 0 Å². The number of hydrogen-bond donors (Lipinski definition) is 8. The third kappa shape index (κ3) is 34.5. The van der Waals surface area contributed by atoms with Crippen molar-refractivity contribution in [3.05, 3.63) is 271 Å². The highest BCUT2D eigenvalue weighted by Crippen LogP contribution is 2.42. The highest BCUT2D eigenvalue weighted by molar-refractivity contribution is 14.1. The van der Waals surface area contributed by atoms with Gasteiger partial charge in [0.05, 0.1) is 102 Å². The van der Waals surface area contributed by atoms with Crippen LogP contribution in [0.3, 0.4) is 0 Å². The highest BCUT2D eigenvalue weighted by atomic mass is 123. The maximum Gasteiger partial charge on any atom is 0.133 e. The summed E-state index contributed by atoms with van der Waals surface area (Å²) in [5.74, 6) is 9.40. The van der Waals surface area contributed by atoms with Crippen molar-refractivity contribution in [3.8, 4) is 46.0 Å². The predicted molar refractivity (Wildman–Crippen MR) is 585 cm³/mol. The van der Waals surface area contributed by atoms with Crippen LogP contribution in [0, 0.1) is 38.3 Å². The molecule has 8 N–H and O–H groups in total. The molecule has 39 heteroatoms. The van der Waals surface area contributed by atoms with Crippen molar-refractivity contribution in [2.75, 3.05) is 76.4 Å². The summed E-state index contributed by atoms with van der Waals surface area (Å²) < 4.78 is 58.7. The summed E-state index contributed by atoms with van der Waals surface area (Å²) in [5, 5.41) is 109. The van der Waals surface area contributed by atoms with Gasteiger partial charge in [0.2, 0.25) is 0 Å². The van der Waals surface area contributed by atoms with Gasteiger partial charge in [0, 0.05) is 68.9 Å². The zero-order valence-electron chi connectivity index (χ0n) is 79.4. The molecule has 0 radical (unpaired) electrons. The lowest BCUT2D eigenvalue weighted by molar-refractivity contribution is 0.0880. The average Bonchev–Trinajstić information content (AvgIpc) is 1.78. The van der Waals surface area contributed by atoms with Crippen LogP contribution in [0.5, 0.6) is 46.0 Å². The van der Waals surface area contributed by atoms with E-state index < -0.39 is 24.4 Å². The Hall–Kier alpha value is -6.08. The van der Waals surface area contributed by atoms with Gasteiger partial charge in [-0.2, -0.15) is 0 Å². The Labute approximate surface area is 912 Å². The molecule has 28 nitrogen and oxygen atoms in total. The van der Waals surface area contributed by atoms with Gasteiger partial charge in [-0.15, -0.1) is 66.8 Å². The van der Waals surface area contributed by atoms with E-state index in [2.05, 4.69) is 243 Å². The second-order valence-electron chi connectivity index (χ2n) is 35.9. The third-order valence-electron chi connectivity index (χ3n) is 22.8. The Bertz CT molecular complexity index is 5360. The Morgan fingerprint density at radius 2 is 0.554 bits per heavy atom. The van der Waals surface area contributed by atoms with Crippen molar-refractivity contribution in [3.63, 3.8) is 0 Å². The minimum atomic E-state index is -0.765. The van der Waals surface area contributed by atoms with Crippen molar-refractivity contribution in [2.45, 2.75) is 182 Å². The van der Waals surface area contributed by atoms with E-state index in [1.54, 1.807) is 20.2 Å². The van der Waals surface area contributed by atoms with Crippen LogP contribution in [0.25, 0.3) is 0 Å². The molecule has 8 aromatic carbocycles. The second-order valence-corrected chi connectivity index (χ2v) is 43.9. The Morgan fingerprint density at radius 1 is 0.309 bits per heavy atom. The first-order chi connectivity index (χ1) is 66.2.